The van der Waals surface area contributed by atoms with Crippen LogP contribution in [0.3, 0.4) is 0 Å². The van der Waals surface area contributed by atoms with Gasteiger partial charge >= 0.3 is 0 Å². The number of carbonyl (C=O) groups excluding carboxylic acids is 1. The summed E-state index contributed by atoms with van der Waals surface area (Å²) < 4.78 is 7.29. The summed E-state index contributed by atoms with van der Waals surface area (Å²) in [6.07, 6.45) is 11.4. The highest BCUT2D eigenvalue weighted by Gasteiger charge is 2.19. The molecule has 0 aliphatic rings. The maximum absolute atomic E-state index is 12.9. The van der Waals surface area contributed by atoms with Crippen molar-refractivity contribution in [1.82, 2.24) is 19.4 Å². The molecular formula is C18H20N4O2. The van der Waals surface area contributed by atoms with Crippen molar-refractivity contribution >= 4 is 5.91 Å². The Hall–Kier alpha value is -2.89. The molecule has 0 aliphatic heterocycles. The van der Waals surface area contributed by atoms with E-state index in [9.17, 15) is 4.79 Å². The molecule has 1 amide bonds. The Balaban J connectivity index is 1.70. The standard InChI is InChI=1S/C18H20N4O2/c1-15-17(5-12-24-15)18(23)22(13-16-3-6-19-7-4-16)10-2-9-21-11-8-20-14-21/h3-8,11-12,14H,2,9-10,13H2,1H3. The van der Waals surface area contributed by atoms with Crippen molar-refractivity contribution in [3.8, 4) is 0 Å². The van der Waals surface area contributed by atoms with Crippen molar-refractivity contribution in [1.29, 1.82) is 0 Å². The fourth-order valence-corrected chi connectivity index (χ4v) is 2.60. The molecule has 3 aromatic heterocycles. The number of amides is 1. The molecule has 124 valence electrons. The second kappa shape index (κ2) is 7.59. The minimum Gasteiger partial charge on any atom is -0.469 e. The minimum absolute atomic E-state index is 0.0105. The van der Waals surface area contributed by atoms with Gasteiger partial charge < -0.3 is 13.9 Å². The predicted molar refractivity (Wildman–Crippen MR) is 89.3 cm³/mol. The van der Waals surface area contributed by atoms with Gasteiger partial charge in [-0.2, -0.15) is 0 Å². The van der Waals surface area contributed by atoms with E-state index in [1.54, 1.807) is 37.2 Å². The Kier molecular flexibility index (Phi) is 5.05. The van der Waals surface area contributed by atoms with Gasteiger partial charge in [0.2, 0.25) is 0 Å². The Bertz CT molecular complexity index is 765. The smallest absolute Gasteiger partial charge is 0.257 e. The lowest BCUT2D eigenvalue weighted by Gasteiger charge is -2.23. The average Bonchev–Trinajstić information content (AvgIpc) is 3.26. The number of carbonyl (C=O) groups is 1. The van der Waals surface area contributed by atoms with Gasteiger partial charge in [-0.1, -0.05) is 0 Å². The van der Waals surface area contributed by atoms with E-state index in [4.69, 9.17) is 4.42 Å². The maximum atomic E-state index is 12.9. The van der Waals surface area contributed by atoms with Gasteiger partial charge in [0, 0.05) is 44.4 Å². The quantitative estimate of drug-likeness (QED) is 0.670. The molecule has 0 unspecified atom stereocenters. The molecule has 6 nitrogen and oxygen atoms in total. The zero-order chi connectivity index (χ0) is 16.8. The van der Waals surface area contributed by atoms with Crippen LogP contribution in [0.15, 0.2) is 60.0 Å². The molecular weight excluding hydrogens is 304 g/mol. The molecule has 24 heavy (non-hydrogen) atoms. The van der Waals surface area contributed by atoms with E-state index in [0.29, 0.717) is 24.4 Å². The molecule has 3 heterocycles. The van der Waals surface area contributed by atoms with Crippen LogP contribution in [0.1, 0.15) is 28.1 Å². The van der Waals surface area contributed by atoms with Gasteiger partial charge in [0.15, 0.2) is 0 Å². The van der Waals surface area contributed by atoms with Gasteiger partial charge in [-0.3, -0.25) is 9.78 Å². The molecule has 0 N–H and O–H groups in total. The summed E-state index contributed by atoms with van der Waals surface area (Å²) in [6.45, 7) is 3.84. The number of rotatable bonds is 7. The number of pyridine rings is 1. The molecule has 0 atom stereocenters. The van der Waals surface area contributed by atoms with Gasteiger partial charge in [-0.05, 0) is 37.1 Å². The molecule has 6 heteroatoms. The first-order valence-electron chi connectivity index (χ1n) is 7.92. The number of furan rings is 1. The van der Waals surface area contributed by atoms with Crippen molar-refractivity contribution in [2.45, 2.75) is 26.4 Å². The van der Waals surface area contributed by atoms with Crippen LogP contribution in [0.5, 0.6) is 0 Å². The molecule has 3 aromatic rings. The zero-order valence-electron chi connectivity index (χ0n) is 13.6. The summed E-state index contributed by atoms with van der Waals surface area (Å²) >= 11 is 0. The van der Waals surface area contributed by atoms with Gasteiger partial charge in [0.05, 0.1) is 18.2 Å². The number of aromatic nitrogens is 3. The number of hydrogen-bond donors (Lipinski definition) is 0. The molecule has 0 saturated heterocycles. The van der Waals surface area contributed by atoms with Gasteiger partial charge in [-0.25, -0.2) is 4.98 Å². The average molecular weight is 324 g/mol. The summed E-state index contributed by atoms with van der Waals surface area (Å²) in [5.74, 6) is 0.637. The van der Waals surface area contributed by atoms with Crippen LogP contribution in [0.4, 0.5) is 0 Å². The van der Waals surface area contributed by atoms with Crippen LogP contribution in [-0.2, 0) is 13.1 Å². The van der Waals surface area contributed by atoms with E-state index in [1.165, 1.54) is 0 Å². The number of nitrogens with zero attached hydrogens (tertiary/aromatic N) is 4. The SMILES string of the molecule is Cc1occc1C(=O)N(CCCn1ccnc1)Cc1ccncc1. The number of aryl methyl sites for hydroxylation is 2. The Labute approximate surface area is 140 Å². The third-order valence-corrected chi connectivity index (χ3v) is 3.90. The molecule has 0 fully saturated rings. The van der Waals surface area contributed by atoms with Gasteiger partial charge in [-0.15, -0.1) is 0 Å². The number of imidazole rings is 1. The van der Waals surface area contributed by atoms with Crippen LogP contribution in [0.2, 0.25) is 0 Å². The largest absolute Gasteiger partial charge is 0.469 e. The van der Waals surface area contributed by atoms with Crippen LogP contribution >= 0.6 is 0 Å². The van der Waals surface area contributed by atoms with Crippen LogP contribution in [0, 0.1) is 6.92 Å². The van der Waals surface area contributed by atoms with E-state index < -0.39 is 0 Å². The van der Waals surface area contributed by atoms with Gasteiger partial charge in [0.25, 0.3) is 5.91 Å². The Morgan fingerprint density at radius 3 is 2.71 bits per heavy atom. The highest BCUT2D eigenvalue weighted by Crippen LogP contribution is 2.15. The Morgan fingerprint density at radius 2 is 2.04 bits per heavy atom. The monoisotopic (exact) mass is 324 g/mol. The summed E-state index contributed by atoms with van der Waals surface area (Å²) in [5.41, 5.74) is 1.67. The van der Waals surface area contributed by atoms with Crippen molar-refractivity contribution in [2.75, 3.05) is 6.54 Å². The summed E-state index contributed by atoms with van der Waals surface area (Å²) in [5, 5.41) is 0. The zero-order valence-corrected chi connectivity index (χ0v) is 13.6. The fraction of sp³-hybridized carbons (Fsp3) is 0.278. The third-order valence-electron chi connectivity index (χ3n) is 3.90. The lowest BCUT2D eigenvalue weighted by atomic mass is 10.2. The van der Waals surface area contributed by atoms with Crippen molar-refractivity contribution in [3.63, 3.8) is 0 Å². The Morgan fingerprint density at radius 1 is 1.21 bits per heavy atom. The first-order chi connectivity index (χ1) is 11.7. The van der Waals surface area contributed by atoms with Crippen LogP contribution in [-0.4, -0.2) is 31.9 Å². The van der Waals surface area contributed by atoms with E-state index in [0.717, 1.165) is 18.5 Å². The van der Waals surface area contributed by atoms with Crippen molar-refractivity contribution in [2.24, 2.45) is 0 Å². The molecule has 0 radical (unpaired) electrons. The molecule has 0 aliphatic carbocycles. The predicted octanol–water partition coefficient (Wildman–Crippen LogP) is 2.91. The van der Waals surface area contributed by atoms with E-state index in [1.807, 2.05) is 34.7 Å². The van der Waals surface area contributed by atoms with Crippen molar-refractivity contribution in [3.05, 3.63) is 72.5 Å². The first kappa shape index (κ1) is 16.0. The van der Waals surface area contributed by atoms with E-state index in [-0.39, 0.29) is 5.91 Å². The van der Waals surface area contributed by atoms with E-state index in [2.05, 4.69) is 9.97 Å². The topological polar surface area (TPSA) is 64.2 Å². The van der Waals surface area contributed by atoms with Crippen molar-refractivity contribution < 1.29 is 9.21 Å². The van der Waals surface area contributed by atoms with Gasteiger partial charge in [0.1, 0.15) is 5.76 Å². The highest BCUT2D eigenvalue weighted by atomic mass is 16.3. The van der Waals surface area contributed by atoms with Crippen LogP contribution in [0.25, 0.3) is 0 Å². The highest BCUT2D eigenvalue weighted by molar-refractivity contribution is 5.95. The lowest BCUT2D eigenvalue weighted by Crippen LogP contribution is -2.32. The summed E-state index contributed by atoms with van der Waals surface area (Å²) in [4.78, 5) is 22.8. The fourth-order valence-electron chi connectivity index (χ4n) is 2.60. The summed E-state index contributed by atoms with van der Waals surface area (Å²) in [6, 6.07) is 5.59. The summed E-state index contributed by atoms with van der Waals surface area (Å²) in [7, 11) is 0. The second-order valence-electron chi connectivity index (χ2n) is 5.63. The molecule has 0 aromatic carbocycles. The second-order valence-corrected chi connectivity index (χ2v) is 5.63. The molecule has 0 spiro atoms. The number of hydrogen-bond acceptors (Lipinski definition) is 4. The first-order valence-corrected chi connectivity index (χ1v) is 7.92. The normalized spacial score (nSPS) is 10.7. The maximum Gasteiger partial charge on any atom is 0.257 e. The molecule has 0 saturated carbocycles. The van der Waals surface area contributed by atoms with E-state index >= 15 is 0 Å². The third kappa shape index (κ3) is 3.90. The molecule has 3 rings (SSSR count). The minimum atomic E-state index is -0.0105. The lowest BCUT2D eigenvalue weighted by molar-refractivity contribution is 0.0737. The molecule has 0 bridgehead atoms. The van der Waals surface area contributed by atoms with Crippen LogP contribution < -0.4 is 0 Å².